The summed E-state index contributed by atoms with van der Waals surface area (Å²) in [6.07, 6.45) is 0. The van der Waals surface area contributed by atoms with Gasteiger partial charge in [0.05, 0.1) is 12.7 Å². The van der Waals surface area contributed by atoms with Crippen LogP contribution in [0.15, 0.2) is 36.4 Å². The second kappa shape index (κ2) is 5.33. The van der Waals surface area contributed by atoms with E-state index in [-0.39, 0.29) is 0 Å². The van der Waals surface area contributed by atoms with E-state index in [4.69, 9.17) is 22.1 Å². The first-order chi connectivity index (χ1) is 9.02. The lowest BCUT2D eigenvalue weighted by Crippen LogP contribution is -2.05. The maximum Gasteiger partial charge on any atom is 0.339 e. The molecule has 98 valence electrons. The Morgan fingerprint density at radius 1 is 1.21 bits per heavy atom. The fourth-order valence-corrected chi connectivity index (χ4v) is 2.09. The maximum atomic E-state index is 11.6. The second-order valence-electron chi connectivity index (χ2n) is 4.25. The van der Waals surface area contributed by atoms with Gasteiger partial charge in [0.15, 0.2) is 0 Å². The molecule has 0 aliphatic rings. The first-order valence-corrected chi connectivity index (χ1v) is 6.15. The van der Waals surface area contributed by atoms with Gasteiger partial charge in [-0.25, -0.2) is 4.79 Å². The number of ether oxygens (including phenoxy) is 1. The first kappa shape index (κ1) is 13.4. The topological polar surface area (TPSA) is 52.3 Å². The lowest BCUT2D eigenvalue weighted by atomic mass is 9.98. The zero-order valence-corrected chi connectivity index (χ0v) is 11.5. The van der Waals surface area contributed by atoms with Crippen molar-refractivity contribution >= 4 is 23.3 Å². The van der Waals surface area contributed by atoms with E-state index in [0.717, 1.165) is 16.7 Å². The summed E-state index contributed by atoms with van der Waals surface area (Å²) < 4.78 is 4.72. The molecule has 0 spiro atoms. The first-order valence-electron chi connectivity index (χ1n) is 5.77. The highest BCUT2D eigenvalue weighted by Gasteiger charge is 2.12. The molecule has 0 heterocycles. The Labute approximate surface area is 117 Å². The molecule has 0 unspecified atom stereocenters. The number of esters is 1. The van der Waals surface area contributed by atoms with Crippen molar-refractivity contribution in [1.29, 1.82) is 0 Å². The molecular formula is C15H14ClNO2. The number of nitrogens with two attached hydrogens (primary N) is 1. The van der Waals surface area contributed by atoms with Crippen LogP contribution in [-0.2, 0) is 4.74 Å². The van der Waals surface area contributed by atoms with Crippen molar-refractivity contribution in [2.75, 3.05) is 12.8 Å². The van der Waals surface area contributed by atoms with Gasteiger partial charge in [-0.3, -0.25) is 0 Å². The lowest BCUT2D eigenvalue weighted by molar-refractivity contribution is 0.0602. The average molecular weight is 276 g/mol. The van der Waals surface area contributed by atoms with E-state index in [0.29, 0.717) is 16.3 Å². The number of benzene rings is 2. The molecule has 0 radical (unpaired) electrons. The number of aryl methyl sites for hydroxylation is 1. The molecule has 0 aromatic heterocycles. The van der Waals surface area contributed by atoms with Crippen LogP contribution in [0.5, 0.6) is 0 Å². The lowest BCUT2D eigenvalue weighted by Gasteiger charge is -2.10. The van der Waals surface area contributed by atoms with Crippen molar-refractivity contribution in [3.63, 3.8) is 0 Å². The highest BCUT2D eigenvalue weighted by molar-refractivity contribution is 6.30. The van der Waals surface area contributed by atoms with E-state index in [2.05, 4.69) is 0 Å². The number of methoxy groups -OCH3 is 1. The van der Waals surface area contributed by atoms with Gasteiger partial charge in [0.1, 0.15) is 0 Å². The molecule has 2 rings (SSSR count). The molecule has 0 aliphatic heterocycles. The number of nitrogen functional groups attached to an aromatic ring is 1. The zero-order valence-electron chi connectivity index (χ0n) is 10.7. The Kier molecular flexibility index (Phi) is 3.76. The van der Waals surface area contributed by atoms with Gasteiger partial charge in [0, 0.05) is 10.7 Å². The monoisotopic (exact) mass is 275 g/mol. The summed E-state index contributed by atoms with van der Waals surface area (Å²) in [6.45, 7) is 1.99. The fraction of sp³-hybridized carbons (Fsp3) is 0.133. The van der Waals surface area contributed by atoms with Crippen molar-refractivity contribution < 1.29 is 9.53 Å². The Bertz CT molecular complexity index is 638. The van der Waals surface area contributed by atoms with Gasteiger partial charge < -0.3 is 10.5 Å². The Balaban J connectivity index is 2.57. The summed E-state index contributed by atoms with van der Waals surface area (Å²) in [6, 6.07) is 10.9. The molecule has 0 bridgehead atoms. The van der Waals surface area contributed by atoms with Gasteiger partial charge in [-0.1, -0.05) is 23.7 Å². The van der Waals surface area contributed by atoms with Crippen LogP contribution in [-0.4, -0.2) is 13.1 Å². The highest BCUT2D eigenvalue weighted by Crippen LogP contribution is 2.29. The number of carbonyl (C=O) groups is 1. The fourth-order valence-electron chi connectivity index (χ4n) is 1.92. The quantitative estimate of drug-likeness (QED) is 0.672. The molecule has 0 saturated carbocycles. The van der Waals surface area contributed by atoms with Gasteiger partial charge in [-0.2, -0.15) is 0 Å². The molecule has 19 heavy (non-hydrogen) atoms. The van der Waals surface area contributed by atoms with Gasteiger partial charge in [0.25, 0.3) is 0 Å². The predicted octanol–water partition coefficient (Wildman–Crippen LogP) is 3.68. The van der Waals surface area contributed by atoms with Gasteiger partial charge >= 0.3 is 5.97 Å². The number of carbonyl (C=O) groups excluding carboxylic acids is 1. The summed E-state index contributed by atoms with van der Waals surface area (Å²) in [5.74, 6) is -0.445. The summed E-state index contributed by atoms with van der Waals surface area (Å²) in [7, 11) is 1.33. The normalized spacial score (nSPS) is 10.3. The maximum absolute atomic E-state index is 11.6. The van der Waals surface area contributed by atoms with Crippen LogP contribution >= 0.6 is 11.6 Å². The molecule has 2 N–H and O–H groups in total. The number of halogens is 1. The number of anilines is 1. The molecule has 2 aromatic carbocycles. The predicted molar refractivity (Wildman–Crippen MR) is 77.4 cm³/mol. The standard InChI is InChI=1S/C15H14ClNO2/c1-9-3-5-11(16)8-12(9)10-4-6-14(17)13(7-10)15(18)19-2/h3-8H,17H2,1-2H3. The van der Waals surface area contributed by atoms with Crippen LogP contribution in [0, 0.1) is 6.92 Å². The third-order valence-electron chi connectivity index (χ3n) is 2.97. The van der Waals surface area contributed by atoms with Gasteiger partial charge in [-0.15, -0.1) is 0 Å². The summed E-state index contributed by atoms with van der Waals surface area (Å²) >= 11 is 6.01. The zero-order chi connectivity index (χ0) is 14.0. The van der Waals surface area contributed by atoms with Crippen LogP contribution in [0.3, 0.4) is 0 Å². The molecule has 4 heteroatoms. The minimum absolute atomic E-state index is 0.361. The number of hydrogen-bond donors (Lipinski definition) is 1. The third-order valence-corrected chi connectivity index (χ3v) is 3.20. The number of rotatable bonds is 2. The van der Waals surface area contributed by atoms with Crippen LogP contribution < -0.4 is 5.73 Å². The van der Waals surface area contributed by atoms with Crippen molar-refractivity contribution in [2.45, 2.75) is 6.92 Å². The minimum atomic E-state index is -0.445. The van der Waals surface area contributed by atoms with E-state index >= 15 is 0 Å². The average Bonchev–Trinajstić information content (AvgIpc) is 2.41. The Morgan fingerprint density at radius 2 is 1.95 bits per heavy atom. The molecular weight excluding hydrogens is 262 g/mol. The molecule has 0 saturated heterocycles. The summed E-state index contributed by atoms with van der Waals surface area (Å²) in [5, 5.41) is 0.650. The molecule has 0 atom stereocenters. The van der Waals surface area contributed by atoms with Gasteiger partial charge in [-0.05, 0) is 47.9 Å². The largest absolute Gasteiger partial charge is 0.465 e. The molecule has 0 amide bonds. The Morgan fingerprint density at radius 3 is 2.63 bits per heavy atom. The van der Waals surface area contributed by atoms with Crippen LogP contribution in [0.2, 0.25) is 5.02 Å². The van der Waals surface area contributed by atoms with E-state index in [9.17, 15) is 4.79 Å². The van der Waals surface area contributed by atoms with Crippen LogP contribution in [0.1, 0.15) is 15.9 Å². The van der Waals surface area contributed by atoms with Crippen molar-refractivity contribution in [3.05, 3.63) is 52.5 Å². The minimum Gasteiger partial charge on any atom is -0.465 e. The van der Waals surface area contributed by atoms with E-state index in [1.54, 1.807) is 12.1 Å². The second-order valence-corrected chi connectivity index (χ2v) is 4.69. The molecule has 0 fully saturated rings. The molecule has 3 nitrogen and oxygen atoms in total. The van der Waals surface area contributed by atoms with E-state index in [1.807, 2.05) is 31.2 Å². The molecule has 0 aliphatic carbocycles. The third kappa shape index (κ3) is 2.71. The number of hydrogen-bond acceptors (Lipinski definition) is 3. The van der Waals surface area contributed by atoms with E-state index in [1.165, 1.54) is 7.11 Å². The summed E-state index contributed by atoms with van der Waals surface area (Å²) in [5.41, 5.74) is 9.47. The van der Waals surface area contributed by atoms with Crippen LogP contribution in [0.25, 0.3) is 11.1 Å². The SMILES string of the molecule is COC(=O)c1cc(-c2cc(Cl)ccc2C)ccc1N. The Hall–Kier alpha value is -2.00. The van der Waals surface area contributed by atoms with Crippen molar-refractivity contribution in [1.82, 2.24) is 0 Å². The van der Waals surface area contributed by atoms with Crippen molar-refractivity contribution in [3.8, 4) is 11.1 Å². The molecule has 2 aromatic rings. The van der Waals surface area contributed by atoms with Gasteiger partial charge in [0.2, 0.25) is 0 Å². The smallest absolute Gasteiger partial charge is 0.339 e. The highest BCUT2D eigenvalue weighted by atomic mass is 35.5. The van der Waals surface area contributed by atoms with Crippen LogP contribution in [0.4, 0.5) is 5.69 Å². The van der Waals surface area contributed by atoms with Crippen molar-refractivity contribution in [2.24, 2.45) is 0 Å². The summed E-state index contributed by atoms with van der Waals surface area (Å²) in [4.78, 5) is 11.6. The van der Waals surface area contributed by atoms with E-state index < -0.39 is 5.97 Å².